The van der Waals surface area contributed by atoms with Crippen molar-refractivity contribution in [1.82, 2.24) is 0 Å². The highest BCUT2D eigenvalue weighted by Gasteiger charge is 2.31. The average Bonchev–Trinajstić information content (AvgIpc) is 2.12. The summed E-state index contributed by atoms with van der Waals surface area (Å²) in [6.45, 7) is 1.73. The molecule has 0 bridgehead atoms. The molecule has 0 saturated heterocycles. The third-order valence-corrected chi connectivity index (χ3v) is 3.83. The maximum absolute atomic E-state index is 11.5. The second-order valence-corrected chi connectivity index (χ2v) is 5.13. The molecule has 0 aromatic heterocycles. The van der Waals surface area contributed by atoms with Crippen LogP contribution in [-0.2, 0) is 14.6 Å². The Morgan fingerprint density at radius 3 is 2.79 bits per heavy atom. The Morgan fingerprint density at radius 2 is 2.07 bits per heavy atom. The summed E-state index contributed by atoms with van der Waals surface area (Å²) in [5, 5.41) is 2.01. The Balaban J connectivity index is 2.71. The predicted molar refractivity (Wildman–Crippen MR) is 51.9 cm³/mol. The predicted octanol–water partition coefficient (Wildman–Crippen LogP) is 0.721. The number of hydrogen-bond acceptors (Lipinski definition) is 4. The molecule has 74 valence electrons. The van der Waals surface area contributed by atoms with Crippen LogP contribution in [0.1, 0.15) is 5.56 Å². The van der Waals surface area contributed by atoms with Crippen LogP contribution < -0.4 is 5.32 Å². The molecule has 4 nitrogen and oxygen atoms in total. The first-order valence-corrected chi connectivity index (χ1v) is 5.62. The van der Waals surface area contributed by atoms with Crippen molar-refractivity contribution in [3.05, 3.63) is 23.8 Å². The lowest BCUT2D eigenvalue weighted by molar-refractivity contribution is -0.110. The molecule has 0 amide bonds. The van der Waals surface area contributed by atoms with Gasteiger partial charge in [-0.2, -0.15) is 0 Å². The van der Waals surface area contributed by atoms with Gasteiger partial charge in [-0.1, -0.05) is 6.07 Å². The minimum absolute atomic E-state index is 0.0827. The van der Waals surface area contributed by atoms with E-state index in [1.165, 1.54) is 6.07 Å². The van der Waals surface area contributed by atoms with Crippen LogP contribution in [0.2, 0.25) is 0 Å². The summed E-state index contributed by atoms with van der Waals surface area (Å²) in [6, 6.07) is 4.86. The lowest BCUT2D eigenvalue weighted by Gasteiger charge is -2.17. The molecule has 1 aromatic rings. The number of hydrogen-bond donors (Lipinski definition) is 1. The van der Waals surface area contributed by atoms with E-state index in [1.807, 2.05) is 6.92 Å². The van der Waals surface area contributed by atoms with Crippen LogP contribution in [-0.4, -0.2) is 20.1 Å². The van der Waals surface area contributed by atoms with Crippen LogP contribution in [0.25, 0.3) is 0 Å². The number of rotatable bonds is 0. The van der Waals surface area contributed by atoms with E-state index < -0.39 is 15.0 Å². The number of sulfone groups is 1. The molecule has 0 unspecified atom stereocenters. The molecule has 0 saturated carbocycles. The van der Waals surface area contributed by atoms with Gasteiger partial charge in [0.1, 0.15) is 0 Å². The highest BCUT2D eigenvalue weighted by atomic mass is 32.2. The van der Waals surface area contributed by atoms with E-state index in [4.69, 9.17) is 0 Å². The van der Waals surface area contributed by atoms with Crippen LogP contribution in [0.4, 0.5) is 5.69 Å². The van der Waals surface area contributed by atoms with E-state index in [0.717, 1.165) is 5.56 Å². The summed E-state index contributed by atoms with van der Waals surface area (Å²) in [4.78, 5) is 11.2. The van der Waals surface area contributed by atoms with E-state index in [1.54, 1.807) is 12.1 Å². The first-order valence-electron chi connectivity index (χ1n) is 4.14. The Bertz CT molecular complexity index is 505. The van der Waals surface area contributed by atoms with Crippen molar-refractivity contribution in [3.63, 3.8) is 0 Å². The van der Waals surface area contributed by atoms with Gasteiger partial charge in [-0.25, -0.2) is 8.42 Å². The van der Waals surface area contributed by atoms with Crippen molar-refractivity contribution >= 4 is 20.6 Å². The van der Waals surface area contributed by atoms with Crippen LogP contribution in [0.5, 0.6) is 0 Å². The number of anilines is 1. The van der Waals surface area contributed by atoms with Crippen molar-refractivity contribution in [3.8, 4) is 0 Å². The van der Waals surface area contributed by atoms with Gasteiger partial charge in [-0.05, 0) is 24.6 Å². The largest absolute Gasteiger partial charge is 0.376 e. The molecule has 2 rings (SSSR count). The summed E-state index contributed by atoms with van der Waals surface area (Å²) >= 11 is 0. The number of carbonyl (C=O) groups excluding carboxylic acids is 1. The fourth-order valence-electron chi connectivity index (χ4n) is 1.40. The summed E-state index contributed by atoms with van der Waals surface area (Å²) in [5.74, 6) is 0. The smallest absolute Gasteiger partial charge is 0.270 e. The lowest BCUT2D eigenvalue weighted by Crippen LogP contribution is -2.29. The van der Waals surface area contributed by atoms with Gasteiger partial charge in [0.15, 0.2) is 0 Å². The number of nitrogens with one attached hydrogen (secondary N) is 1. The van der Waals surface area contributed by atoms with Crippen LogP contribution >= 0.6 is 0 Å². The molecule has 1 aromatic carbocycles. The quantitative estimate of drug-likeness (QED) is 0.686. The molecule has 0 spiro atoms. The number of aryl methyl sites for hydroxylation is 1. The normalized spacial score (nSPS) is 18.5. The highest BCUT2D eigenvalue weighted by Crippen LogP contribution is 2.27. The molecular weight excluding hydrogens is 202 g/mol. The topological polar surface area (TPSA) is 63.2 Å². The van der Waals surface area contributed by atoms with E-state index in [2.05, 4.69) is 5.32 Å². The summed E-state index contributed by atoms with van der Waals surface area (Å²) in [7, 11) is -3.74. The van der Waals surface area contributed by atoms with Gasteiger partial charge < -0.3 is 5.32 Å². The van der Waals surface area contributed by atoms with Crippen molar-refractivity contribution in [2.45, 2.75) is 11.8 Å². The van der Waals surface area contributed by atoms with Crippen molar-refractivity contribution in [2.75, 3.05) is 11.9 Å². The first kappa shape index (κ1) is 9.21. The molecule has 1 aliphatic rings. The SMILES string of the molecule is Cc1ccc2c(c1)NCC(=O)S2(=O)=O. The van der Waals surface area contributed by atoms with Crippen molar-refractivity contribution < 1.29 is 13.2 Å². The molecule has 0 aliphatic carbocycles. The molecule has 1 aliphatic heterocycles. The third-order valence-electron chi connectivity index (χ3n) is 2.15. The Morgan fingerprint density at radius 1 is 1.36 bits per heavy atom. The molecular formula is C9H9NO3S. The van der Waals surface area contributed by atoms with Gasteiger partial charge >= 0.3 is 0 Å². The minimum Gasteiger partial charge on any atom is -0.376 e. The molecule has 1 N–H and O–H groups in total. The maximum Gasteiger partial charge on any atom is 0.270 e. The van der Waals surface area contributed by atoms with Crippen molar-refractivity contribution in [2.24, 2.45) is 0 Å². The Kier molecular flexibility index (Phi) is 1.85. The molecule has 1 heterocycles. The van der Waals surface area contributed by atoms with E-state index in [-0.39, 0.29) is 11.4 Å². The monoisotopic (exact) mass is 211 g/mol. The minimum atomic E-state index is -3.74. The van der Waals surface area contributed by atoms with Gasteiger partial charge in [0.25, 0.3) is 5.12 Å². The fourth-order valence-corrected chi connectivity index (χ4v) is 2.58. The van der Waals surface area contributed by atoms with Gasteiger partial charge in [0.2, 0.25) is 9.84 Å². The summed E-state index contributed by atoms with van der Waals surface area (Å²) in [6.07, 6.45) is 0. The fraction of sp³-hybridized carbons (Fsp3) is 0.222. The lowest BCUT2D eigenvalue weighted by atomic mass is 10.2. The molecule has 0 atom stereocenters. The van der Waals surface area contributed by atoms with Gasteiger partial charge in [0, 0.05) is 0 Å². The van der Waals surface area contributed by atoms with Crippen molar-refractivity contribution in [1.29, 1.82) is 0 Å². The third kappa shape index (κ3) is 1.21. The summed E-state index contributed by atoms with van der Waals surface area (Å²) in [5.41, 5.74) is 1.48. The maximum atomic E-state index is 11.5. The average molecular weight is 211 g/mol. The van der Waals surface area contributed by atoms with Crippen LogP contribution in [0.15, 0.2) is 23.1 Å². The zero-order valence-electron chi connectivity index (χ0n) is 7.57. The van der Waals surface area contributed by atoms with E-state index >= 15 is 0 Å². The van der Waals surface area contributed by atoms with Crippen LogP contribution in [0.3, 0.4) is 0 Å². The second kappa shape index (κ2) is 2.81. The standard InChI is InChI=1S/C9H9NO3S/c1-6-2-3-8-7(4-6)10-5-9(11)14(8,12)13/h2-4,10H,5H2,1H3. The van der Waals surface area contributed by atoms with E-state index in [9.17, 15) is 13.2 Å². The zero-order chi connectivity index (χ0) is 10.3. The molecule has 0 fully saturated rings. The van der Waals surface area contributed by atoms with Gasteiger partial charge in [-0.3, -0.25) is 4.79 Å². The number of fused-ring (bicyclic) bond motifs is 1. The first-order chi connectivity index (χ1) is 6.51. The van der Waals surface area contributed by atoms with Gasteiger partial charge in [-0.15, -0.1) is 0 Å². The molecule has 0 radical (unpaired) electrons. The summed E-state index contributed by atoms with van der Waals surface area (Å²) < 4.78 is 23.1. The second-order valence-electron chi connectivity index (χ2n) is 3.23. The van der Waals surface area contributed by atoms with Crippen LogP contribution in [0, 0.1) is 6.92 Å². The van der Waals surface area contributed by atoms with Gasteiger partial charge in [0.05, 0.1) is 17.1 Å². The number of carbonyl (C=O) groups is 1. The highest BCUT2D eigenvalue weighted by molar-refractivity contribution is 8.06. The molecule has 5 heteroatoms. The molecule has 14 heavy (non-hydrogen) atoms. The zero-order valence-corrected chi connectivity index (χ0v) is 8.39. The number of benzene rings is 1. The Hall–Kier alpha value is -1.36. The Labute approximate surface area is 81.9 Å². The van der Waals surface area contributed by atoms with E-state index in [0.29, 0.717) is 5.69 Å².